The van der Waals surface area contributed by atoms with E-state index in [1.54, 1.807) is 12.1 Å². The second-order valence-electron chi connectivity index (χ2n) is 8.36. The molecule has 2 nitrogen and oxygen atoms in total. The monoisotopic (exact) mass is 398 g/mol. The SMILES string of the molecule is CCCCCC1CCC(c2ccc(OC(=O)C(C)(CC)C(F)(F)F)cc2)CC1. The summed E-state index contributed by atoms with van der Waals surface area (Å²) in [4.78, 5) is 12.1. The number of hydrogen-bond acceptors (Lipinski definition) is 2. The molecular weight excluding hydrogens is 365 g/mol. The van der Waals surface area contributed by atoms with E-state index in [9.17, 15) is 18.0 Å². The fourth-order valence-electron chi connectivity index (χ4n) is 3.96. The van der Waals surface area contributed by atoms with Crippen molar-refractivity contribution >= 4 is 5.97 Å². The summed E-state index contributed by atoms with van der Waals surface area (Å²) in [5, 5.41) is 0. The number of esters is 1. The normalized spacial score (nSPS) is 22.5. The third-order valence-corrected chi connectivity index (χ3v) is 6.41. The van der Waals surface area contributed by atoms with E-state index >= 15 is 0 Å². The number of halogens is 3. The molecule has 0 heterocycles. The zero-order chi connectivity index (χ0) is 20.8. The summed E-state index contributed by atoms with van der Waals surface area (Å²) in [6.07, 6.45) is 5.01. The minimum absolute atomic E-state index is 0.172. The van der Waals surface area contributed by atoms with Crippen molar-refractivity contribution in [3.8, 4) is 5.75 Å². The van der Waals surface area contributed by atoms with Crippen LogP contribution in [0.25, 0.3) is 0 Å². The van der Waals surface area contributed by atoms with Gasteiger partial charge in [-0.1, -0.05) is 51.7 Å². The fraction of sp³-hybridized carbons (Fsp3) is 0.696. The first kappa shape index (κ1) is 22.8. The fourth-order valence-corrected chi connectivity index (χ4v) is 3.96. The smallest absolute Gasteiger partial charge is 0.404 e. The van der Waals surface area contributed by atoms with E-state index in [-0.39, 0.29) is 12.2 Å². The summed E-state index contributed by atoms with van der Waals surface area (Å²) < 4.78 is 44.6. The van der Waals surface area contributed by atoms with Gasteiger partial charge >= 0.3 is 12.1 Å². The predicted octanol–water partition coefficient (Wildman–Crippen LogP) is 7.42. The molecule has 2 rings (SSSR count). The number of carbonyl (C=O) groups is 1. The van der Waals surface area contributed by atoms with Crippen LogP contribution in [0, 0.1) is 11.3 Å². The Morgan fingerprint density at radius 2 is 1.64 bits per heavy atom. The Morgan fingerprint density at radius 3 is 2.14 bits per heavy atom. The highest BCUT2D eigenvalue weighted by atomic mass is 19.4. The largest absolute Gasteiger partial charge is 0.426 e. The zero-order valence-corrected chi connectivity index (χ0v) is 17.3. The van der Waals surface area contributed by atoms with Gasteiger partial charge in [-0.2, -0.15) is 13.2 Å². The van der Waals surface area contributed by atoms with Gasteiger partial charge in [0.1, 0.15) is 5.75 Å². The molecule has 5 heteroatoms. The summed E-state index contributed by atoms with van der Waals surface area (Å²) in [6.45, 7) is 4.46. The molecule has 1 saturated carbocycles. The summed E-state index contributed by atoms with van der Waals surface area (Å²) in [6, 6.07) is 7.02. The van der Waals surface area contributed by atoms with E-state index in [4.69, 9.17) is 4.74 Å². The van der Waals surface area contributed by atoms with Crippen LogP contribution >= 0.6 is 0 Å². The third kappa shape index (κ3) is 5.51. The van der Waals surface area contributed by atoms with E-state index in [1.165, 1.54) is 51.0 Å². The molecule has 1 unspecified atom stereocenters. The average Bonchev–Trinajstić information content (AvgIpc) is 2.67. The number of rotatable bonds is 8. The molecule has 28 heavy (non-hydrogen) atoms. The Labute approximate surface area is 166 Å². The van der Waals surface area contributed by atoms with Gasteiger partial charge in [0.25, 0.3) is 0 Å². The first-order valence-electron chi connectivity index (χ1n) is 10.6. The molecule has 0 spiro atoms. The zero-order valence-electron chi connectivity index (χ0n) is 17.3. The lowest BCUT2D eigenvalue weighted by atomic mass is 9.77. The van der Waals surface area contributed by atoms with E-state index < -0.39 is 17.6 Å². The van der Waals surface area contributed by atoms with E-state index in [1.807, 2.05) is 12.1 Å². The highest BCUT2D eigenvalue weighted by molar-refractivity contribution is 5.79. The summed E-state index contributed by atoms with van der Waals surface area (Å²) in [5.74, 6) is 0.245. The second-order valence-corrected chi connectivity index (χ2v) is 8.36. The minimum Gasteiger partial charge on any atom is -0.426 e. The molecule has 0 bridgehead atoms. The third-order valence-electron chi connectivity index (χ3n) is 6.41. The number of hydrogen-bond donors (Lipinski definition) is 0. The lowest BCUT2D eigenvalue weighted by molar-refractivity contribution is -0.225. The van der Waals surface area contributed by atoms with Gasteiger partial charge < -0.3 is 4.74 Å². The summed E-state index contributed by atoms with van der Waals surface area (Å²) in [5.41, 5.74) is -1.30. The van der Waals surface area contributed by atoms with Gasteiger partial charge in [0.2, 0.25) is 0 Å². The molecule has 0 amide bonds. The number of unbranched alkanes of at least 4 members (excludes halogenated alkanes) is 2. The average molecular weight is 399 g/mol. The Hall–Kier alpha value is -1.52. The summed E-state index contributed by atoms with van der Waals surface area (Å²) in [7, 11) is 0. The molecule has 158 valence electrons. The van der Waals surface area contributed by atoms with Gasteiger partial charge in [-0.3, -0.25) is 4.79 Å². The highest BCUT2D eigenvalue weighted by Gasteiger charge is 2.56. The van der Waals surface area contributed by atoms with Gasteiger partial charge in [-0.05, 0) is 68.6 Å². The molecule has 1 aliphatic rings. The van der Waals surface area contributed by atoms with Gasteiger partial charge in [0.15, 0.2) is 5.41 Å². The maximum absolute atomic E-state index is 13.2. The maximum Gasteiger partial charge on any atom is 0.404 e. The molecule has 0 aromatic heterocycles. The number of ether oxygens (including phenoxy) is 1. The Morgan fingerprint density at radius 1 is 1.04 bits per heavy atom. The van der Waals surface area contributed by atoms with E-state index in [0.717, 1.165) is 25.7 Å². The lowest BCUT2D eigenvalue weighted by Crippen LogP contribution is -2.44. The van der Waals surface area contributed by atoms with Crippen LogP contribution in [-0.2, 0) is 4.79 Å². The highest BCUT2D eigenvalue weighted by Crippen LogP contribution is 2.42. The Bertz CT molecular complexity index is 616. The van der Waals surface area contributed by atoms with Gasteiger partial charge in [-0.15, -0.1) is 0 Å². The van der Waals surface area contributed by atoms with Crippen molar-refractivity contribution in [1.82, 2.24) is 0 Å². The van der Waals surface area contributed by atoms with Crippen molar-refractivity contribution in [1.29, 1.82) is 0 Å². The molecule has 1 fully saturated rings. The molecule has 0 saturated heterocycles. The first-order chi connectivity index (χ1) is 13.2. The topological polar surface area (TPSA) is 26.3 Å². The summed E-state index contributed by atoms with van der Waals surface area (Å²) >= 11 is 0. The molecule has 1 aliphatic carbocycles. The van der Waals surface area contributed by atoms with Crippen molar-refractivity contribution in [3.05, 3.63) is 29.8 Å². The van der Waals surface area contributed by atoms with Crippen molar-refractivity contribution < 1.29 is 22.7 Å². The standard InChI is InChI=1S/C23H33F3O2/c1-4-6-7-8-17-9-11-18(12-10-17)19-13-15-20(16-14-19)28-21(27)22(3,5-2)23(24,25)26/h13-18H,4-12H2,1-3H3. The lowest BCUT2D eigenvalue weighted by Gasteiger charge is -2.29. The minimum atomic E-state index is -4.63. The molecule has 1 aromatic rings. The van der Waals surface area contributed by atoms with Crippen molar-refractivity contribution in [2.45, 2.75) is 90.7 Å². The van der Waals surface area contributed by atoms with E-state index in [0.29, 0.717) is 5.92 Å². The number of benzene rings is 1. The molecule has 1 aromatic carbocycles. The van der Waals surface area contributed by atoms with Gasteiger partial charge in [-0.25, -0.2) is 0 Å². The number of carbonyl (C=O) groups excluding carboxylic acids is 1. The second kappa shape index (κ2) is 9.80. The predicted molar refractivity (Wildman–Crippen MR) is 105 cm³/mol. The van der Waals surface area contributed by atoms with Gasteiger partial charge in [0, 0.05) is 0 Å². The maximum atomic E-state index is 13.2. The van der Waals surface area contributed by atoms with Crippen molar-refractivity contribution in [2.75, 3.05) is 0 Å². The van der Waals surface area contributed by atoms with Crippen LogP contribution in [-0.4, -0.2) is 12.1 Å². The Kier molecular flexibility index (Phi) is 7.97. The molecule has 1 atom stereocenters. The van der Waals surface area contributed by atoms with Crippen LogP contribution in [0.2, 0.25) is 0 Å². The van der Waals surface area contributed by atoms with Crippen LogP contribution in [0.4, 0.5) is 13.2 Å². The van der Waals surface area contributed by atoms with Crippen LogP contribution in [0.3, 0.4) is 0 Å². The van der Waals surface area contributed by atoms with Gasteiger partial charge in [0.05, 0.1) is 0 Å². The first-order valence-corrected chi connectivity index (χ1v) is 10.6. The van der Waals surface area contributed by atoms with Crippen LogP contribution in [0.5, 0.6) is 5.75 Å². The molecular formula is C23H33F3O2. The van der Waals surface area contributed by atoms with Crippen LogP contribution in [0.15, 0.2) is 24.3 Å². The van der Waals surface area contributed by atoms with Crippen LogP contribution in [0.1, 0.15) is 90.0 Å². The van der Waals surface area contributed by atoms with Crippen molar-refractivity contribution in [3.63, 3.8) is 0 Å². The quantitative estimate of drug-likeness (QED) is 0.259. The number of alkyl halides is 3. The molecule has 0 aliphatic heterocycles. The van der Waals surface area contributed by atoms with Crippen molar-refractivity contribution in [2.24, 2.45) is 11.3 Å². The van der Waals surface area contributed by atoms with Crippen LogP contribution < -0.4 is 4.74 Å². The molecule has 0 radical (unpaired) electrons. The Balaban J connectivity index is 1.91. The molecule has 0 N–H and O–H groups in total. The van der Waals surface area contributed by atoms with E-state index in [2.05, 4.69) is 6.92 Å².